The van der Waals surface area contributed by atoms with Gasteiger partial charge in [-0.3, -0.25) is 4.99 Å². The Bertz CT molecular complexity index is 94.7. The van der Waals surface area contributed by atoms with Gasteiger partial charge < -0.3 is 5.32 Å². The largest absolute Gasteiger partial charge is 0.315 e. The summed E-state index contributed by atoms with van der Waals surface area (Å²) in [6.45, 7) is 6.26. The van der Waals surface area contributed by atoms with E-state index in [1.807, 2.05) is 14.0 Å². The van der Waals surface area contributed by atoms with Gasteiger partial charge in [0.2, 0.25) is 0 Å². The molecule has 0 spiro atoms. The Morgan fingerprint density at radius 1 is 1.88 bits per heavy atom. The molecule has 0 heterocycles. The van der Waals surface area contributed by atoms with Crippen LogP contribution in [0.3, 0.4) is 0 Å². The smallest absolute Gasteiger partial charge is 0.0334 e. The summed E-state index contributed by atoms with van der Waals surface area (Å²) in [4.78, 5) is 3.93. The second-order valence-electron chi connectivity index (χ2n) is 1.58. The molecule has 0 aromatic rings. The van der Waals surface area contributed by atoms with Gasteiger partial charge in [-0.15, -0.1) is 0 Å². The summed E-state index contributed by atoms with van der Waals surface area (Å²) in [5.41, 5.74) is 1.06. The number of hydrogen-bond donors (Lipinski definition) is 1. The molecular weight excluding hydrogens is 100 g/mol. The van der Waals surface area contributed by atoms with Gasteiger partial charge >= 0.3 is 0 Å². The molecule has 0 saturated heterocycles. The second kappa shape index (κ2) is 4.53. The average molecular weight is 112 g/mol. The summed E-state index contributed by atoms with van der Waals surface area (Å²) >= 11 is 0. The average Bonchev–Trinajstić information content (AvgIpc) is 1.68. The highest BCUT2D eigenvalue weighted by Gasteiger charge is 1.81. The lowest BCUT2D eigenvalue weighted by molar-refractivity contribution is 0.942. The summed E-state index contributed by atoms with van der Waals surface area (Å²) in [6.07, 6.45) is 1.55. The maximum atomic E-state index is 3.93. The molecule has 0 fully saturated rings. The molecule has 2 heteroatoms. The standard InChI is InChI=1S/C6H12N2/c1-4-8-6(2)5-7-3/h4,7H,1,5H2,2-3H3. The zero-order valence-electron chi connectivity index (χ0n) is 5.44. The number of rotatable bonds is 3. The van der Waals surface area contributed by atoms with Gasteiger partial charge in [-0.05, 0) is 14.0 Å². The quantitative estimate of drug-likeness (QED) is 0.537. The summed E-state index contributed by atoms with van der Waals surface area (Å²) < 4.78 is 0. The molecule has 0 radical (unpaired) electrons. The lowest BCUT2D eigenvalue weighted by atomic mass is 10.4. The number of hydrogen-bond acceptors (Lipinski definition) is 2. The topological polar surface area (TPSA) is 24.4 Å². The third-order valence-corrected chi connectivity index (χ3v) is 0.744. The number of aliphatic imine (C=N–C) groups is 1. The van der Waals surface area contributed by atoms with Gasteiger partial charge in [0.1, 0.15) is 0 Å². The Morgan fingerprint density at radius 2 is 2.50 bits per heavy atom. The van der Waals surface area contributed by atoms with E-state index in [2.05, 4.69) is 16.9 Å². The van der Waals surface area contributed by atoms with Crippen LogP contribution < -0.4 is 5.32 Å². The summed E-state index contributed by atoms with van der Waals surface area (Å²) in [5, 5.41) is 2.97. The van der Waals surface area contributed by atoms with Crippen LogP contribution in [0.1, 0.15) is 6.92 Å². The predicted molar refractivity (Wildman–Crippen MR) is 37.2 cm³/mol. The minimum atomic E-state index is 0.839. The Morgan fingerprint density at radius 3 is 2.88 bits per heavy atom. The van der Waals surface area contributed by atoms with Crippen molar-refractivity contribution in [3.05, 3.63) is 12.8 Å². The Balaban J connectivity index is 3.44. The van der Waals surface area contributed by atoms with Gasteiger partial charge in [0, 0.05) is 18.5 Å². The van der Waals surface area contributed by atoms with E-state index in [4.69, 9.17) is 0 Å². The zero-order chi connectivity index (χ0) is 6.41. The van der Waals surface area contributed by atoms with Crippen LogP contribution in [0.2, 0.25) is 0 Å². The van der Waals surface area contributed by atoms with Crippen LogP contribution in [0.4, 0.5) is 0 Å². The van der Waals surface area contributed by atoms with Crippen LogP contribution in [0, 0.1) is 0 Å². The van der Waals surface area contributed by atoms with Crippen molar-refractivity contribution in [1.29, 1.82) is 0 Å². The van der Waals surface area contributed by atoms with E-state index >= 15 is 0 Å². The van der Waals surface area contributed by atoms with Gasteiger partial charge in [0.05, 0.1) is 0 Å². The lowest BCUT2D eigenvalue weighted by Crippen LogP contribution is -2.15. The van der Waals surface area contributed by atoms with E-state index in [0.717, 1.165) is 12.3 Å². The van der Waals surface area contributed by atoms with E-state index < -0.39 is 0 Å². The Kier molecular flexibility index (Phi) is 4.17. The molecule has 0 aromatic heterocycles. The molecule has 0 atom stereocenters. The molecule has 0 rings (SSSR count). The van der Waals surface area contributed by atoms with Crippen LogP contribution in [0.25, 0.3) is 0 Å². The highest BCUT2D eigenvalue weighted by atomic mass is 14.8. The van der Waals surface area contributed by atoms with E-state index in [9.17, 15) is 0 Å². The molecule has 0 unspecified atom stereocenters. The Labute approximate surface area is 50.3 Å². The zero-order valence-corrected chi connectivity index (χ0v) is 5.44. The van der Waals surface area contributed by atoms with E-state index in [1.54, 1.807) is 6.20 Å². The molecule has 8 heavy (non-hydrogen) atoms. The van der Waals surface area contributed by atoms with Crippen LogP contribution in [0.5, 0.6) is 0 Å². The molecule has 0 aromatic carbocycles. The molecule has 2 nitrogen and oxygen atoms in total. The summed E-state index contributed by atoms with van der Waals surface area (Å²) in [7, 11) is 1.89. The first-order valence-corrected chi connectivity index (χ1v) is 2.60. The van der Waals surface area contributed by atoms with Crippen LogP contribution in [0.15, 0.2) is 17.8 Å². The first-order chi connectivity index (χ1) is 3.81. The van der Waals surface area contributed by atoms with Crippen LogP contribution >= 0.6 is 0 Å². The van der Waals surface area contributed by atoms with E-state index in [-0.39, 0.29) is 0 Å². The molecule has 0 aliphatic rings. The third-order valence-electron chi connectivity index (χ3n) is 0.744. The number of nitrogens with zero attached hydrogens (tertiary/aromatic N) is 1. The molecule has 0 aliphatic carbocycles. The molecule has 0 saturated carbocycles. The van der Waals surface area contributed by atoms with Crippen molar-refractivity contribution in [2.45, 2.75) is 6.92 Å². The SMILES string of the molecule is C=CN=C(C)CNC. The molecular formula is C6H12N2. The fraction of sp³-hybridized carbons (Fsp3) is 0.500. The Hall–Kier alpha value is -0.630. The maximum Gasteiger partial charge on any atom is 0.0334 e. The highest BCUT2D eigenvalue weighted by molar-refractivity contribution is 5.84. The molecule has 46 valence electrons. The van der Waals surface area contributed by atoms with E-state index in [0.29, 0.717) is 0 Å². The van der Waals surface area contributed by atoms with Gasteiger partial charge in [0.15, 0.2) is 0 Å². The van der Waals surface area contributed by atoms with Crippen molar-refractivity contribution in [2.75, 3.05) is 13.6 Å². The second-order valence-corrected chi connectivity index (χ2v) is 1.58. The van der Waals surface area contributed by atoms with Crippen molar-refractivity contribution in [1.82, 2.24) is 5.32 Å². The van der Waals surface area contributed by atoms with Crippen LogP contribution in [-0.2, 0) is 0 Å². The van der Waals surface area contributed by atoms with E-state index in [1.165, 1.54) is 0 Å². The highest BCUT2D eigenvalue weighted by Crippen LogP contribution is 1.73. The number of nitrogens with one attached hydrogen (secondary N) is 1. The van der Waals surface area contributed by atoms with Gasteiger partial charge in [-0.1, -0.05) is 6.58 Å². The van der Waals surface area contributed by atoms with Crippen LogP contribution in [-0.4, -0.2) is 19.3 Å². The minimum Gasteiger partial charge on any atom is -0.315 e. The van der Waals surface area contributed by atoms with Crippen molar-refractivity contribution in [2.24, 2.45) is 4.99 Å². The molecule has 0 aliphatic heterocycles. The first-order valence-electron chi connectivity index (χ1n) is 2.60. The van der Waals surface area contributed by atoms with Crippen molar-refractivity contribution >= 4 is 5.71 Å². The molecule has 0 amide bonds. The van der Waals surface area contributed by atoms with Gasteiger partial charge in [0.25, 0.3) is 0 Å². The van der Waals surface area contributed by atoms with Crippen molar-refractivity contribution in [3.63, 3.8) is 0 Å². The van der Waals surface area contributed by atoms with Gasteiger partial charge in [-0.25, -0.2) is 0 Å². The predicted octanol–water partition coefficient (Wildman–Crippen LogP) is 0.810. The fourth-order valence-corrected chi connectivity index (χ4v) is 0.457. The summed E-state index contributed by atoms with van der Waals surface area (Å²) in [5.74, 6) is 0. The monoisotopic (exact) mass is 112 g/mol. The van der Waals surface area contributed by atoms with Crippen molar-refractivity contribution in [3.8, 4) is 0 Å². The van der Waals surface area contributed by atoms with Crippen molar-refractivity contribution < 1.29 is 0 Å². The minimum absolute atomic E-state index is 0.839. The molecule has 1 N–H and O–H groups in total. The maximum absolute atomic E-state index is 3.93. The third kappa shape index (κ3) is 3.56. The first kappa shape index (κ1) is 7.37. The molecule has 0 bridgehead atoms. The van der Waals surface area contributed by atoms with Gasteiger partial charge in [-0.2, -0.15) is 0 Å². The fourth-order valence-electron chi connectivity index (χ4n) is 0.457. The summed E-state index contributed by atoms with van der Waals surface area (Å²) in [6, 6.07) is 0. The lowest BCUT2D eigenvalue weighted by Gasteiger charge is -1.93. The normalized spacial score (nSPS) is 11.5.